The quantitative estimate of drug-likeness (QED) is 0.760. The molecule has 1 aliphatic rings. The van der Waals surface area contributed by atoms with E-state index in [-0.39, 0.29) is 5.41 Å². The number of benzene rings is 2. The Morgan fingerprint density at radius 3 is 2.52 bits per heavy atom. The fraction of sp³-hybridized carbons (Fsp3) is 0.400. The molecule has 0 aromatic heterocycles. The van der Waals surface area contributed by atoms with Crippen molar-refractivity contribution < 1.29 is 4.74 Å². The Labute approximate surface area is 147 Å². The first-order valence-corrected chi connectivity index (χ1v) is 9.16. The molecule has 0 saturated carbocycles. The summed E-state index contributed by atoms with van der Waals surface area (Å²) in [6.45, 7) is 3.74. The summed E-state index contributed by atoms with van der Waals surface area (Å²) in [6.07, 6.45) is 3.25. The number of hydrogen-bond acceptors (Lipinski definition) is 2. The molecule has 0 unspecified atom stereocenters. The first kappa shape index (κ1) is 16.7. The number of piperidine rings is 1. The number of hydrogen-bond donors (Lipinski definition) is 1. The van der Waals surface area contributed by atoms with Crippen LogP contribution in [0.1, 0.15) is 24.0 Å². The van der Waals surface area contributed by atoms with Crippen LogP contribution < -0.4 is 5.32 Å². The molecule has 122 valence electrons. The minimum absolute atomic E-state index is 0.170. The van der Waals surface area contributed by atoms with E-state index in [2.05, 4.69) is 75.8 Å². The first-order valence-electron chi connectivity index (χ1n) is 8.37. The predicted octanol–water partition coefficient (Wildman–Crippen LogP) is 4.33. The van der Waals surface area contributed by atoms with E-state index >= 15 is 0 Å². The Bertz CT molecular complexity index is 608. The Kier molecular flexibility index (Phi) is 5.87. The van der Waals surface area contributed by atoms with Crippen LogP contribution in [0.3, 0.4) is 0 Å². The summed E-state index contributed by atoms with van der Waals surface area (Å²) in [6, 6.07) is 19.3. The molecule has 0 spiro atoms. The minimum atomic E-state index is 0.170. The largest absolute Gasteiger partial charge is 0.380 e. The van der Waals surface area contributed by atoms with Gasteiger partial charge in [0.05, 0.1) is 13.2 Å². The van der Waals surface area contributed by atoms with Gasteiger partial charge in [-0.1, -0.05) is 58.4 Å². The third-order valence-corrected chi connectivity index (χ3v) is 5.24. The third kappa shape index (κ3) is 4.43. The maximum Gasteiger partial charge on any atom is 0.0564 e. The number of nitrogens with one attached hydrogen (secondary N) is 1. The van der Waals surface area contributed by atoms with Gasteiger partial charge in [-0.2, -0.15) is 0 Å². The van der Waals surface area contributed by atoms with Crippen LogP contribution >= 0.6 is 15.9 Å². The normalized spacial score (nSPS) is 17.1. The lowest BCUT2D eigenvalue weighted by molar-refractivity contribution is 0.0690. The standard InChI is InChI=1S/C20H24BrNO/c21-19-8-4-5-17(15-19)9-14-23-16-20(10-12-22-13-11-20)18-6-2-1-3-7-18/h1-8,15,22H,9-14,16H2. The zero-order valence-electron chi connectivity index (χ0n) is 13.4. The molecule has 0 atom stereocenters. The van der Waals surface area contributed by atoms with Gasteiger partial charge in [-0.05, 0) is 55.6 Å². The van der Waals surface area contributed by atoms with Gasteiger partial charge in [-0.3, -0.25) is 0 Å². The van der Waals surface area contributed by atoms with Gasteiger partial charge < -0.3 is 10.1 Å². The molecule has 1 saturated heterocycles. The van der Waals surface area contributed by atoms with Crippen molar-refractivity contribution in [3.63, 3.8) is 0 Å². The molecule has 0 bridgehead atoms. The van der Waals surface area contributed by atoms with Crippen LogP contribution in [0.15, 0.2) is 59.1 Å². The van der Waals surface area contributed by atoms with Crippen molar-refractivity contribution >= 4 is 15.9 Å². The molecule has 2 aromatic rings. The highest BCUT2D eigenvalue weighted by Crippen LogP contribution is 2.33. The van der Waals surface area contributed by atoms with Gasteiger partial charge in [0, 0.05) is 9.89 Å². The van der Waals surface area contributed by atoms with Gasteiger partial charge in [0.1, 0.15) is 0 Å². The topological polar surface area (TPSA) is 21.3 Å². The lowest BCUT2D eigenvalue weighted by atomic mass is 9.74. The lowest BCUT2D eigenvalue weighted by Gasteiger charge is -2.38. The van der Waals surface area contributed by atoms with Gasteiger partial charge in [-0.15, -0.1) is 0 Å². The smallest absolute Gasteiger partial charge is 0.0564 e. The lowest BCUT2D eigenvalue weighted by Crippen LogP contribution is -2.43. The molecule has 23 heavy (non-hydrogen) atoms. The van der Waals surface area contributed by atoms with Gasteiger partial charge in [0.25, 0.3) is 0 Å². The Balaban J connectivity index is 1.59. The van der Waals surface area contributed by atoms with E-state index in [4.69, 9.17) is 4.74 Å². The molecule has 2 aromatic carbocycles. The molecule has 0 radical (unpaired) electrons. The van der Waals surface area contributed by atoms with Gasteiger partial charge in [-0.25, -0.2) is 0 Å². The van der Waals surface area contributed by atoms with Crippen molar-refractivity contribution in [2.24, 2.45) is 0 Å². The van der Waals surface area contributed by atoms with E-state index in [1.165, 1.54) is 11.1 Å². The highest BCUT2D eigenvalue weighted by atomic mass is 79.9. The molecule has 1 N–H and O–H groups in total. The van der Waals surface area contributed by atoms with Gasteiger partial charge >= 0.3 is 0 Å². The van der Waals surface area contributed by atoms with Crippen molar-refractivity contribution in [2.45, 2.75) is 24.7 Å². The number of ether oxygens (including phenoxy) is 1. The number of rotatable bonds is 6. The molecule has 3 rings (SSSR count). The summed E-state index contributed by atoms with van der Waals surface area (Å²) in [5, 5.41) is 3.47. The highest BCUT2D eigenvalue weighted by molar-refractivity contribution is 9.10. The summed E-state index contributed by atoms with van der Waals surface area (Å²) in [5.74, 6) is 0. The number of halogens is 1. The van der Waals surface area contributed by atoms with E-state index in [1.54, 1.807) is 0 Å². The summed E-state index contributed by atoms with van der Waals surface area (Å²) < 4.78 is 7.27. The molecule has 1 fully saturated rings. The van der Waals surface area contributed by atoms with E-state index in [1.807, 2.05) is 0 Å². The molecular weight excluding hydrogens is 350 g/mol. The maximum atomic E-state index is 6.13. The van der Waals surface area contributed by atoms with Crippen LogP contribution in [0, 0.1) is 0 Å². The predicted molar refractivity (Wildman–Crippen MR) is 98.9 cm³/mol. The van der Waals surface area contributed by atoms with Crippen LogP contribution in [-0.2, 0) is 16.6 Å². The van der Waals surface area contributed by atoms with Crippen LogP contribution in [0.4, 0.5) is 0 Å². The van der Waals surface area contributed by atoms with Crippen LogP contribution in [0.2, 0.25) is 0 Å². The van der Waals surface area contributed by atoms with Crippen LogP contribution in [0.5, 0.6) is 0 Å². The third-order valence-electron chi connectivity index (χ3n) is 4.75. The molecule has 0 amide bonds. The maximum absolute atomic E-state index is 6.13. The second kappa shape index (κ2) is 8.09. The van der Waals surface area contributed by atoms with E-state index in [0.717, 1.165) is 50.0 Å². The zero-order valence-corrected chi connectivity index (χ0v) is 15.0. The Morgan fingerprint density at radius 1 is 1.00 bits per heavy atom. The molecule has 1 aliphatic heterocycles. The second-order valence-corrected chi connectivity index (χ2v) is 7.24. The minimum Gasteiger partial charge on any atom is -0.380 e. The summed E-state index contributed by atoms with van der Waals surface area (Å²) in [7, 11) is 0. The highest BCUT2D eigenvalue weighted by Gasteiger charge is 2.33. The molecule has 1 heterocycles. The fourth-order valence-corrected chi connectivity index (χ4v) is 3.81. The van der Waals surface area contributed by atoms with Crippen molar-refractivity contribution in [1.29, 1.82) is 0 Å². The fourth-order valence-electron chi connectivity index (χ4n) is 3.36. The van der Waals surface area contributed by atoms with E-state index in [0.29, 0.717) is 0 Å². The summed E-state index contributed by atoms with van der Waals surface area (Å²) >= 11 is 3.53. The van der Waals surface area contributed by atoms with Crippen molar-refractivity contribution in [2.75, 3.05) is 26.3 Å². The molecule has 0 aliphatic carbocycles. The van der Waals surface area contributed by atoms with Crippen molar-refractivity contribution in [3.05, 3.63) is 70.2 Å². The average molecular weight is 374 g/mol. The van der Waals surface area contributed by atoms with Crippen LogP contribution in [0.25, 0.3) is 0 Å². The Hall–Kier alpha value is -1.16. The monoisotopic (exact) mass is 373 g/mol. The first-order chi connectivity index (χ1) is 11.3. The van der Waals surface area contributed by atoms with E-state index in [9.17, 15) is 0 Å². The zero-order chi connectivity index (χ0) is 16.0. The van der Waals surface area contributed by atoms with E-state index < -0.39 is 0 Å². The summed E-state index contributed by atoms with van der Waals surface area (Å²) in [4.78, 5) is 0. The average Bonchev–Trinajstić information content (AvgIpc) is 2.60. The second-order valence-electron chi connectivity index (χ2n) is 6.33. The SMILES string of the molecule is Brc1cccc(CCOCC2(c3ccccc3)CCNCC2)c1. The van der Waals surface area contributed by atoms with Crippen molar-refractivity contribution in [3.8, 4) is 0 Å². The Morgan fingerprint density at radius 2 is 1.78 bits per heavy atom. The molecule has 2 nitrogen and oxygen atoms in total. The van der Waals surface area contributed by atoms with Gasteiger partial charge in [0.2, 0.25) is 0 Å². The van der Waals surface area contributed by atoms with Crippen molar-refractivity contribution in [1.82, 2.24) is 5.32 Å². The van der Waals surface area contributed by atoms with Crippen LogP contribution in [-0.4, -0.2) is 26.3 Å². The molecule has 3 heteroatoms. The van der Waals surface area contributed by atoms with Gasteiger partial charge in [0.15, 0.2) is 0 Å². The molecular formula is C20H24BrNO. The summed E-state index contributed by atoms with van der Waals surface area (Å²) in [5.41, 5.74) is 2.91.